The molecule has 0 saturated heterocycles. The molecule has 1 fully saturated rings. The van der Waals surface area contributed by atoms with E-state index in [9.17, 15) is 0 Å². The number of thiocarbonyl (C=S) groups is 1. The topological polar surface area (TPSA) is 38.0 Å². The van der Waals surface area contributed by atoms with Crippen molar-refractivity contribution in [2.75, 3.05) is 11.9 Å². The highest BCUT2D eigenvalue weighted by Crippen LogP contribution is 2.30. The SMILES string of the molecule is Cc1ccc(C(N)=S)c(NCCC2CCCC(C)C2)c1. The Balaban J connectivity index is 1.90. The summed E-state index contributed by atoms with van der Waals surface area (Å²) in [6.07, 6.45) is 6.83. The number of nitrogens with two attached hydrogens (primary N) is 1. The Morgan fingerprint density at radius 2 is 2.20 bits per heavy atom. The van der Waals surface area contributed by atoms with E-state index < -0.39 is 0 Å². The van der Waals surface area contributed by atoms with E-state index in [1.165, 1.54) is 37.7 Å². The third-order valence-electron chi connectivity index (χ3n) is 4.35. The fraction of sp³-hybridized carbons (Fsp3) is 0.588. The summed E-state index contributed by atoms with van der Waals surface area (Å²) >= 11 is 5.12. The number of rotatable bonds is 5. The molecule has 2 rings (SSSR count). The monoisotopic (exact) mass is 290 g/mol. The van der Waals surface area contributed by atoms with Gasteiger partial charge in [0.15, 0.2) is 0 Å². The fourth-order valence-corrected chi connectivity index (χ4v) is 3.43. The van der Waals surface area contributed by atoms with Crippen LogP contribution in [0.1, 0.15) is 50.2 Å². The summed E-state index contributed by atoms with van der Waals surface area (Å²) in [4.78, 5) is 0.471. The predicted molar refractivity (Wildman–Crippen MR) is 91.3 cm³/mol. The van der Waals surface area contributed by atoms with Crippen molar-refractivity contribution < 1.29 is 0 Å². The Kier molecular flexibility index (Phi) is 5.41. The molecule has 0 aliphatic heterocycles. The number of nitrogens with one attached hydrogen (secondary N) is 1. The van der Waals surface area contributed by atoms with Gasteiger partial charge >= 0.3 is 0 Å². The van der Waals surface area contributed by atoms with Crippen LogP contribution in [0.5, 0.6) is 0 Å². The van der Waals surface area contributed by atoms with Gasteiger partial charge in [0.2, 0.25) is 0 Å². The Bertz CT molecular complexity index is 470. The van der Waals surface area contributed by atoms with Gasteiger partial charge in [0.05, 0.1) is 0 Å². The molecule has 20 heavy (non-hydrogen) atoms. The Labute approximate surface area is 128 Å². The summed E-state index contributed by atoms with van der Waals surface area (Å²) in [6, 6.07) is 6.21. The zero-order valence-corrected chi connectivity index (χ0v) is 13.4. The van der Waals surface area contributed by atoms with Crippen LogP contribution in [0.2, 0.25) is 0 Å². The average molecular weight is 290 g/mol. The van der Waals surface area contributed by atoms with E-state index in [1.807, 2.05) is 6.07 Å². The molecule has 1 aromatic rings. The molecule has 0 radical (unpaired) electrons. The maximum absolute atomic E-state index is 5.79. The average Bonchev–Trinajstić information content (AvgIpc) is 2.38. The van der Waals surface area contributed by atoms with Crippen LogP contribution in [0.15, 0.2) is 18.2 Å². The predicted octanol–water partition coefficient (Wildman–Crippen LogP) is 4.26. The lowest BCUT2D eigenvalue weighted by Crippen LogP contribution is -2.18. The van der Waals surface area contributed by atoms with Gasteiger partial charge in [0, 0.05) is 17.8 Å². The molecular weight excluding hydrogens is 264 g/mol. The summed E-state index contributed by atoms with van der Waals surface area (Å²) in [5.41, 5.74) is 9.07. The lowest BCUT2D eigenvalue weighted by atomic mass is 9.81. The molecule has 1 aliphatic rings. The number of anilines is 1. The third-order valence-corrected chi connectivity index (χ3v) is 4.57. The van der Waals surface area contributed by atoms with Crippen LogP contribution in [0.4, 0.5) is 5.69 Å². The van der Waals surface area contributed by atoms with E-state index in [0.717, 1.165) is 29.6 Å². The minimum absolute atomic E-state index is 0.471. The van der Waals surface area contributed by atoms with Crippen LogP contribution >= 0.6 is 12.2 Å². The van der Waals surface area contributed by atoms with Gasteiger partial charge in [-0.25, -0.2) is 0 Å². The summed E-state index contributed by atoms with van der Waals surface area (Å²) in [5.74, 6) is 1.78. The third kappa shape index (κ3) is 4.20. The first-order valence-electron chi connectivity index (χ1n) is 7.70. The number of aryl methyl sites for hydroxylation is 1. The van der Waals surface area contributed by atoms with Crippen molar-refractivity contribution in [2.45, 2.75) is 46.0 Å². The van der Waals surface area contributed by atoms with E-state index in [0.29, 0.717) is 4.99 Å². The first kappa shape index (κ1) is 15.3. The molecule has 0 aromatic heterocycles. The number of hydrogen-bond donors (Lipinski definition) is 2. The molecule has 2 atom stereocenters. The summed E-state index contributed by atoms with van der Waals surface area (Å²) in [5, 5.41) is 3.53. The van der Waals surface area contributed by atoms with Crippen molar-refractivity contribution in [3.05, 3.63) is 29.3 Å². The zero-order valence-electron chi connectivity index (χ0n) is 12.6. The maximum atomic E-state index is 5.79. The highest BCUT2D eigenvalue weighted by molar-refractivity contribution is 7.80. The first-order valence-corrected chi connectivity index (χ1v) is 8.11. The Hall–Kier alpha value is -1.09. The van der Waals surface area contributed by atoms with E-state index in [-0.39, 0.29) is 0 Å². The first-order chi connectivity index (χ1) is 9.56. The minimum atomic E-state index is 0.471. The van der Waals surface area contributed by atoms with Crippen molar-refractivity contribution in [3.63, 3.8) is 0 Å². The molecule has 3 N–H and O–H groups in total. The molecule has 3 heteroatoms. The smallest absolute Gasteiger partial charge is 0.106 e. The van der Waals surface area contributed by atoms with E-state index in [1.54, 1.807) is 0 Å². The van der Waals surface area contributed by atoms with Gasteiger partial charge < -0.3 is 11.1 Å². The van der Waals surface area contributed by atoms with Crippen LogP contribution in [-0.2, 0) is 0 Å². The molecular formula is C17H26N2S. The Morgan fingerprint density at radius 3 is 2.90 bits per heavy atom. The molecule has 110 valence electrons. The zero-order chi connectivity index (χ0) is 14.5. The lowest BCUT2D eigenvalue weighted by Gasteiger charge is -2.27. The van der Waals surface area contributed by atoms with Gasteiger partial charge in [-0.3, -0.25) is 0 Å². The molecule has 2 unspecified atom stereocenters. The van der Waals surface area contributed by atoms with Crippen molar-refractivity contribution in [2.24, 2.45) is 17.6 Å². The molecule has 1 aromatic carbocycles. The van der Waals surface area contributed by atoms with Crippen LogP contribution in [0.25, 0.3) is 0 Å². The van der Waals surface area contributed by atoms with Gasteiger partial charge in [0.25, 0.3) is 0 Å². The van der Waals surface area contributed by atoms with Gasteiger partial charge in [-0.2, -0.15) is 0 Å². The highest BCUT2D eigenvalue weighted by atomic mass is 32.1. The van der Waals surface area contributed by atoms with Crippen LogP contribution in [-0.4, -0.2) is 11.5 Å². The van der Waals surface area contributed by atoms with Gasteiger partial charge in [-0.15, -0.1) is 0 Å². The van der Waals surface area contributed by atoms with Crippen LogP contribution in [0.3, 0.4) is 0 Å². The van der Waals surface area contributed by atoms with Gasteiger partial charge in [-0.1, -0.05) is 44.5 Å². The molecule has 0 spiro atoms. The van der Waals surface area contributed by atoms with Gasteiger partial charge in [0.1, 0.15) is 4.99 Å². The Morgan fingerprint density at radius 1 is 1.40 bits per heavy atom. The summed E-state index contributed by atoms with van der Waals surface area (Å²) in [6.45, 7) is 5.49. The molecule has 1 aliphatic carbocycles. The van der Waals surface area contributed by atoms with E-state index in [2.05, 4.69) is 31.3 Å². The quantitative estimate of drug-likeness (QED) is 0.796. The lowest BCUT2D eigenvalue weighted by molar-refractivity contribution is 0.274. The summed E-state index contributed by atoms with van der Waals surface area (Å²) in [7, 11) is 0. The molecule has 0 bridgehead atoms. The maximum Gasteiger partial charge on any atom is 0.106 e. The van der Waals surface area contributed by atoms with Gasteiger partial charge in [-0.05, 0) is 49.3 Å². The van der Waals surface area contributed by atoms with Crippen molar-refractivity contribution >= 4 is 22.9 Å². The van der Waals surface area contributed by atoms with Crippen LogP contribution in [0, 0.1) is 18.8 Å². The number of hydrogen-bond acceptors (Lipinski definition) is 2. The molecule has 2 nitrogen and oxygen atoms in total. The molecule has 0 heterocycles. The second-order valence-corrected chi connectivity index (χ2v) is 6.71. The van der Waals surface area contributed by atoms with Crippen molar-refractivity contribution in [1.29, 1.82) is 0 Å². The van der Waals surface area contributed by atoms with Crippen molar-refractivity contribution in [1.82, 2.24) is 0 Å². The van der Waals surface area contributed by atoms with E-state index in [4.69, 9.17) is 18.0 Å². The molecule has 0 amide bonds. The second-order valence-electron chi connectivity index (χ2n) is 6.27. The standard InChI is InChI=1S/C17H26N2S/c1-12-4-3-5-14(10-12)8-9-19-16-11-13(2)6-7-15(16)17(18)20/h6-7,11-12,14,19H,3-5,8-10H2,1-2H3,(H2,18,20). The second kappa shape index (κ2) is 7.07. The molecule has 1 saturated carbocycles. The van der Waals surface area contributed by atoms with Crippen molar-refractivity contribution in [3.8, 4) is 0 Å². The minimum Gasteiger partial charge on any atom is -0.389 e. The number of benzene rings is 1. The van der Waals surface area contributed by atoms with Crippen LogP contribution < -0.4 is 11.1 Å². The normalized spacial score (nSPS) is 22.5. The van der Waals surface area contributed by atoms with E-state index >= 15 is 0 Å². The highest BCUT2D eigenvalue weighted by Gasteiger charge is 2.18. The fourth-order valence-electron chi connectivity index (χ4n) is 3.25. The summed E-state index contributed by atoms with van der Waals surface area (Å²) < 4.78 is 0. The largest absolute Gasteiger partial charge is 0.389 e.